The SMILES string of the molecule is CS(=O)(=O)Nc1ccc(C(=O)C=Cc2ccc(N3CCCCC3)cc2)cc1. The highest BCUT2D eigenvalue weighted by Crippen LogP contribution is 2.20. The van der Waals surface area contributed by atoms with E-state index in [-0.39, 0.29) is 5.78 Å². The number of anilines is 2. The maximum Gasteiger partial charge on any atom is 0.229 e. The number of hydrogen-bond donors (Lipinski definition) is 1. The van der Waals surface area contributed by atoms with E-state index in [1.165, 1.54) is 31.0 Å². The molecule has 1 aliphatic rings. The molecule has 1 aliphatic heterocycles. The monoisotopic (exact) mass is 384 g/mol. The van der Waals surface area contributed by atoms with Crippen molar-refractivity contribution >= 4 is 33.3 Å². The molecule has 1 saturated heterocycles. The maximum absolute atomic E-state index is 12.3. The van der Waals surface area contributed by atoms with Crippen LogP contribution in [-0.2, 0) is 10.0 Å². The van der Waals surface area contributed by atoms with E-state index in [1.807, 2.05) is 12.1 Å². The van der Waals surface area contributed by atoms with Gasteiger partial charge in [0.25, 0.3) is 0 Å². The number of nitrogens with zero attached hydrogens (tertiary/aromatic N) is 1. The van der Waals surface area contributed by atoms with Crippen molar-refractivity contribution in [2.75, 3.05) is 29.0 Å². The summed E-state index contributed by atoms with van der Waals surface area (Å²) in [6, 6.07) is 14.6. The van der Waals surface area contributed by atoms with Gasteiger partial charge in [-0.15, -0.1) is 0 Å². The molecule has 0 amide bonds. The summed E-state index contributed by atoms with van der Waals surface area (Å²) in [7, 11) is -3.32. The molecule has 142 valence electrons. The van der Waals surface area contributed by atoms with Crippen LogP contribution in [0.2, 0.25) is 0 Å². The van der Waals surface area contributed by atoms with E-state index >= 15 is 0 Å². The zero-order valence-corrected chi connectivity index (χ0v) is 16.2. The fourth-order valence-electron chi connectivity index (χ4n) is 3.13. The van der Waals surface area contributed by atoms with Gasteiger partial charge in [0, 0.05) is 30.0 Å². The first-order chi connectivity index (χ1) is 12.9. The van der Waals surface area contributed by atoms with Crippen LogP contribution in [0.3, 0.4) is 0 Å². The van der Waals surface area contributed by atoms with Crippen LogP contribution in [0.1, 0.15) is 35.2 Å². The Labute approximate surface area is 160 Å². The van der Waals surface area contributed by atoms with Crippen molar-refractivity contribution in [3.05, 3.63) is 65.7 Å². The molecule has 0 radical (unpaired) electrons. The number of piperidine rings is 1. The average Bonchev–Trinajstić information content (AvgIpc) is 2.66. The molecule has 0 saturated carbocycles. The fourth-order valence-corrected chi connectivity index (χ4v) is 3.70. The van der Waals surface area contributed by atoms with Crippen LogP contribution < -0.4 is 9.62 Å². The molecule has 3 rings (SSSR count). The highest BCUT2D eigenvalue weighted by molar-refractivity contribution is 7.92. The van der Waals surface area contributed by atoms with Crippen molar-refractivity contribution in [3.63, 3.8) is 0 Å². The van der Waals surface area contributed by atoms with Crippen molar-refractivity contribution < 1.29 is 13.2 Å². The van der Waals surface area contributed by atoms with Crippen molar-refractivity contribution in [2.45, 2.75) is 19.3 Å². The summed E-state index contributed by atoms with van der Waals surface area (Å²) in [5.74, 6) is -0.124. The van der Waals surface area contributed by atoms with E-state index in [0.717, 1.165) is 24.9 Å². The standard InChI is InChI=1S/C21H24N2O3S/c1-27(25,26)22-19-10-8-18(9-11-19)21(24)14-7-17-5-12-20(13-6-17)23-15-3-2-4-16-23/h5-14,22H,2-4,15-16H2,1H3. The van der Waals surface area contributed by atoms with Gasteiger partial charge in [-0.1, -0.05) is 18.2 Å². The number of carbonyl (C=O) groups is 1. The van der Waals surface area contributed by atoms with Crippen molar-refractivity contribution in [1.29, 1.82) is 0 Å². The molecule has 0 atom stereocenters. The van der Waals surface area contributed by atoms with Crippen LogP contribution in [-0.4, -0.2) is 33.5 Å². The molecule has 0 spiro atoms. The number of sulfonamides is 1. The van der Waals surface area contributed by atoms with E-state index in [9.17, 15) is 13.2 Å². The summed E-state index contributed by atoms with van der Waals surface area (Å²) in [6.07, 6.45) is 8.22. The molecule has 1 heterocycles. The van der Waals surface area contributed by atoms with E-state index < -0.39 is 10.0 Å². The molecule has 1 fully saturated rings. The van der Waals surface area contributed by atoms with Crippen LogP contribution in [0, 0.1) is 0 Å². The van der Waals surface area contributed by atoms with E-state index in [0.29, 0.717) is 11.3 Å². The minimum atomic E-state index is -3.32. The first kappa shape index (κ1) is 19.2. The second-order valence-electron chi connectivity index (χ2n) is 6.79. The summed E-state index contributed by atoms with van der Waals surface area (Å²) in [5, 5.41) is 0. The smallest absolute Gasteiger partial charge is 0.229 e. The molecular weight excluding hydrogens is 360 g/mol. The van der Waals surface area contributed by atoms with E-state index in [4.69, 9.17) is 0 Å². The van der Waals surface area contributed by atoms with Crippen molar-refractivity contribution in [2.24, 2.45) is 0 Å². The van der Waals surface area contributed by atoms with Gasteiger partial charge in [0.15, 0.2) is 5.78 Å². The van der Waals surface area contributed by atoms with Gasteiger partial charge in [0.05, 0.1) is 6.26 Å². The molecule has 0 aliphatic carbocycles. The lowest BCUT2D eigenvalue weighted by Gasteiger charge is -2.28. The highest BCUT2D eigenvalue weighted by Gasteiger charge is 2.10. The Morgan fingerprint density at radius 3 is 2.19 bits per heavy atom. The number of rotatable bonds is 6. The van der Waals surface area contributed by atoms with Crippen LogP contribution in [0.25, 0.3) is 6.08 Å². The Bertz CT molecular complexity index is 911. The summed E-state index contributed by atoms with van der Waals surface area (Å²) >= 11 is 0. The molecule has 27 heavy (non-hydrogen) atoms. The first-order valence-electron chi connectivity index (χ1n) is 9.06. The molecule has 6 heteroatoms. The second-order valence-corrected chi connectivity index (χ2v) is 8.54. The molecule has 0 unspecified atom stereocenters. The molecule has 2 aromatic carbocycles. The summed E-state index contributed by atoms with van der Waals surface area (Å²) < 4.78 is 24.8. The van der Waals surface area contributed by atoms with Gasteiger partial charge in [0.1, 0.15) is 0 Å². The molecule has 5 nitrogen and oxygen atoms in total. The van der Waals surface area contributed by atoms with Gasteiger partial charge in [-0.05, 0) is 67.3 Å². The van der Waals surface area contributed by atoms with Gasteiger partial charge in [0.2, 0.25) is 10.0 Å². The number of ketones is 1. The van der Waals surface area contributed by atoms with E-state index in [2.05, 4.69) is 21.8 Å². The zero-order valence-electron chi connectivity index (χ0n) is 15.4. The minimum absolute atomic E-state index is 0.124. The van der Waals surface area contributed by atoms with Crippen LogP contribution in [0.15, 0.2) is 54.6 Å². The molecular formula is C21H24N2O3S. The number of allylic oxidation sites excluding steroid dienone is 1. The van der Waals surface area contributed by atoms with Gasteiger partial charge in [-0.25, -0.2) is 8.42 Å². The second kappa shape index (κ2) is 8.39. The van der Waals surface area contributed by atoms with Gasteiger partial charge < -0.3 is 4.90 Å². The lowest BCUT2D eigenvalue weighted by Crippen LogP contribution is -2.29. The normalized spacial score (nSPS) is 15.1. The van der Waals surface area contributed by atoms with Gasteiger partial charge in [-0.2, -0.15) is 0 Å². The first-order valence-corrected chi connectivity index (χ1v) is 11.0. The third-order valence-electron chi connectivity index (χ3n) is 4.51. The Morgan fingerprint density at radius 2 is 1.59 bits per heavy atom. The lowest BCUT2D eigenvalue weighted by atomic mass is 10.1. The summed E-state index contributed by atoms with van der Waals surface area (Å²) in [4.78, 5) is 14.7. The van der Waals surface area contributed by atoms with Crippen molar-refractivity contribution in [1.82, 2.24) is 0 Å². The third kappa shape index (κ3) is 5.69. The Hall–Kier alpha value is -2.60. The number of carbonyl (C=O) groups excluding carboxylic acids is 1. The average molecular weight is 385 g/mol. The molecule has 2 aromatic rings. The van der Waals surface area contributed by atoms with Gasteiger partial charge >= 0.3 is 0 Å². The van der Waals surface area contributed by atoms with E-state index in [1.54, 1.807) is 30.3 Å². The van der Waals surface area contributed by atoms with Crippen LogP contribution >= 0.6 is 0 Å². The summed E-state index contributed by atoms with van der Waals surface area (Å²) in [5.41, 5.74) is 3.15. The number of nitrogens with one attached hydrogen (secondary N) is 1. The Morgan fingerprint density at radius 1 is 0.963 bits per heavy atom. The minimum Gasteiger partial charge on any atom is -0.372 e. The maximum atomic E-state index is 12.3. The van der Waals surface area contributed by atoms with Crippen LogP contribution in [0.5, 0.6) is 0 Å². The van der Waals surface area contributed by atoms with Crippen molar-refractivity contribution in [3.8, 4) is 0 Å². The number of hydrogen-bond acceptors (Lipinski definition) is 4. The predicted molar refractivity (Wildman–Crippen MR) is 111 cm³/mol. The Kier molecular flexibility index (Phi) is 5.96. The molecule has 0 bridgehead atoms. The van der Waals surface area contributed by atoms with Gasteiger partial charge in [-0.3, -0.25) is 9.52 Å². The molecule has 1 N–H and O–H groups in total. The summed E-state index contributed by atoms with van der Waals surface area (Å²) in [6.45, 7) is 2.22. The topological polar surface area (TPSA) is 66.5 Å². The largest absolute Gasteiger partial charge is 0.372 e. The highest BCUT2D eigenvalue weighted by atomic mass is 32.2. The zero-order chi connectivity index (χ0) is 19.3. The fraction of sp³-hybridized carbons (Fsp3) is 0.286. The van der Waals surface area contributed by atoms with Crippen LogP contribution in [0.4, 0.5) is 11.4 Å². The third-order valence-corrected chi connectivity index (χ3v) is 5.12. The molecule has 0 aromatic heterocycles. The quantitative estimate of drug-likeness (QED) is 0.605. The predicted octanol–water partition coefficient (Wildman–Crippen LogP) is 3.94. The number of benzene rings is 2. The Balaban J connectivity index is 1.62. The lowest BCUT2D eigenvalue weighted by molar-refractivity contribution is 0.104.